The van der Waals surface area contributed by atoms with Gasteiger partial charge in [-0.05, 0) is 36.1 Å². The van der Waals surface area contributed by atoms with E-state index in [2.05, 4.69) is 52.5 Å². The number of anilines is 2. The lowest BCUT2D eigenvalue weighted by atomic mass is 10.0. The topological polar surface area (TPSA) is 50.7 Å². The van der Waals surface area contributed by atoms with E-state index in [0.29, 0.717) is 0 Å². The highest BCUT2D eigenvalue weighted by atomic mass is 32.2. The summed E-state index contributed by atoms with van der Waals surface area (Å²) in [6.45, 7) is 4.35. The number of hydrogen-bond acceptors (Lipinski definition) is 6. The Morgan fingerprint density at radius 1 is 1.00 bits per heavy atom. The van der Waals surface area contributed by atoms with Crippen LogP contribution >= 0.6 is 23.1 Å². The number of aromatic nitrogens is 3. The second-order valence-corrected chi connectivity index (χ2v) is 7.47. The summed E-state index contributed by atoms with van der Waals surface area (Å²) in [7, 11) is 0. The van der Waals surface area contributed by atoms with E-state index < -0.39 is 0 Å². The number of pyridine rings is 1. The third-order valence-corrected chi connectivity index (χ3v) is 5.71. The average Bonchev–Trinajstić information content (AvgIpc) is 3.08. The third-order valence-electron chi connectivity index (χ3n) is 3.71. The van der Waals surface area contributed by atoms with Gasteiger partial charge in [0.1, 0.15) is 0 Å². The van der Waals surface area contributed by atoms with Crippen LogP contribution in [-0.2, 0) is 18.6 Å². The van der Waals surface area contributed by atoms with Crippen LogP contribution in [0.2, 0.25) is 0 Å². The van der Waals surface area contributed by atoms with Crippen molar-refractivity contribution >= 4 is 33.9 Å². The smallest absolute Gasteiger partial charge is 0.210 e. The maximum Gasteiger partial charge on any atom is 0.210 e. The van der Waals surface area contributed by atoms with Crippen LogP contribution < -0.4 is 5.32 Å². The molecule has 3 rings (SSSR count). The first-order chi connectivity index (χ1) is 11.8. The molecule has 0 atom stereocenters. The van der Waals surface area contributed by atoms with Gasteiger partial charge in [-0.1, -0.05) is 61.2 Å². The first-order valence-electron chi connectivity index (χ1n) is 8.04. The predicted molar refractivity (Wildman–Crippen MR) is 102 cm³/mol. The first-order valence-corrected chi connectivity index (χ1v) is 9.84. The molecule has 0 aliphatic rings. The zero-order valence-corrected chi connectivity index (χ0v) is 15.5. The molecule has 0 amide bonds. The number of hydrogen-bond donors (Lipinski definition) is 1. The van der Waals surface area contributed by atoms with Gasteiger partial charge in [-0.25, -0.2) is 0 Å². The van der Waals surface area contributed by atoms with Crippen LogP contribution in [0.4, 0.5) is 10.8 Å². The van der Waals surface area contributed by atoms with Gasteiger partial charge in [-0.15, -0.1) is 10.2 Å². The highest BCUT2D eigenvalue weighted by molar-refractivity contribution is 8.00. The molecule has 0 aliphatic carbocycles. The van der Waals surface area contributed by atoms with Crippen molar-refractivity contribution in [1.29, 1.82) is 0 Å². The molecule has 1 aromatic carbocycles. The van der Waals surface area contributed by atoms with Crippen molar-refractivity contribution < 1.29 is 0 Å². The normalized spacial score (nSPS) is 10.8. The van der Waals surface area contributed by atoms with Gasteiger partial charge < -0.3 is 5.32 Å². The molecule has 6 heteroatoms. The van der Waals surface area contributed by atoms with E-state index >= 15 is 0 Å². The van der Waals surface area contributed by atoms with Gasteiger partial charge in [0.15, 0.2) is 4.34 Å². The zero-order valence-electron chi connectivity index (χ0n) is 13.8. The molecule has 2 heterocycles. The summed E-state index contributed by atoms with van der Waals surface area (Å²) >= 11 is 3.25. The summed E-state index contributed by atoms with van der Waals surface area (Å²) in [6.07, 6.45) is 3.81. The lowest BCUT2D eigenvalue weighted by molar-refractivity contribution is 1.01. The van der Waals surface area contributed by atoms with Crippen LogP contribution in [0, 0.1) is 0 Å². The van der Waals surface area contributed by atoms with E-state index in [9.17, 15) is 0 Å². The van der Waals surface area contributed by atoms with E-state index in [0.717, 1.165) is 33.8 Å². The van der Waals surface area contributed by atoms with Crippen molar-refractivity contribution in [3.63, 3.8) is 0 Å². The fourth-order valence-corrected chi connectivity index (χ4v) is 4.12. The number of aryl methyl sites for hydroxylation is 2. The largest absolute Gasteiger partial charge is 0.330 e. The minimum absolute atomic E-state index is 0.807. The quantitative estimate of drug-likeness (QED) is 0.597. The molecule has 24 heavy (non-hydrogen) atoms. The molecule has 0 radical (unpaired) electrons. The molecule has 1 N–H and O–H groups in total. The SMILES string of the molecule is CCc1cccc(CC)c1Nc1nnc(SCc2ccccn2)s1. The van der Waals surface area contributed by atoms with Crippen molar-refractivity contribution in [1.82, 2.24) is 15.2 Å². The molecule has 0 spiro atoms. The molecule has 0 fully saturated rings. The molecule has 3 aromatic rings. The van der Waals surface area contributed by atoms with Crippen molar-refractivity contribution in [2.45, 2.75) is 36.8 Å². The monoisotopic (exact) mass is 356 g/mol. The second-order valence-electron chi connectivity index (χ2n) is 5.27. The summed E-state index contributed by atoms with van der Waals surface area (Å²) in [5.41, 5.74) is 4.86. The number of benzene rings is 1. The van der Waals surface area contributed by atoms with Crippen molar-refractivity contribution in [2.24, 2.45) is 0 Å². The predicted octanol–water partition coefficient (Wildman–Crippen LogP) is 5.09. The Bertz CT molecular complexity index is 764. The second kappa shape index (κ2) is 8.26. The highest BCUT2D eigenvalue weighted by Gasteiger charge is 2.10. The Labute approximate surface area is 150 Å². The molecule has 124 valence electrons. The lowest BCUT2D eigenvalue weighted by Crippen LogP contribution is -1.99. The minimum atomic E-state index is 0.807. The van der Waals surface area contributed by atoms with Crippen molar-refractivity contribution in [3.8, 4) is 0 Å². The summed E-state index contributed by atoms with van der Waals surface area (Å²) in [4.78, 5) is 4.33. The van der Waals surface area contributed by atoms with Gasteiger partial charge in [0, 0.05) is 17.6 Å². The van der Waals surface area contributed by atoms with Crippen LogP contribution in [0.3, 0.4) is 0 Å². The summed E-state index contributed by atoms with van der Waals surface area (Å²) in [5, 5.41) is 12.9. The molecule has 0 saturated heterocycles. The third kappa shape index (κ3) is 4.13. The molecule has 0 unspecified atom stereocenters. The minimum Gasteiger partial charge on any atom is -0.330 e. The zero-order chi connectivity index (χ0) is 16.8. The van der Waals surface area contributed by atoms with Crippen molar-refractivity contribution in [3.05, 3.63) is 59.4 Å². The van der Waals surface area contributed by atoms with Crippen LogP contribution in [0.1, 0.15) is 30.7 Å². The molecule has 0 bridgehead atoms. The molecule has 0 aliphatic heterocycles. The van der Waals surface area contributed by atoms with Gasteiger partial charge in [-0.2, -0.15) is 0 Å². The van der Waals surface area contributed by atoms with E-state index in [-0.39, 0.29) is 0 Å². The van der Waals surface area contributed by atoms with Crippen LogP contribution in [0.5, 0.6) is 0 Å². The summed E-state index contributed by atoms with van der Waals surface area (Å²) < 4.78 is 0.954. The molecular formula is C18H20N4S2. The van der Waals surface area contributed by atoms with E-state index in [1.54, 1.807) is 23.1 Å². The maximum absolute atomic E-state index is 4.33. The van der Waals surface area contributed by atoms with Crippen molar-refractivity contribution in [2.75, 3.05) is 5.32 Å². The number of thioether (sulfide) groups is 1. The summed E-state index contributed by atoms with van der Waals surface area (Å²) in [5.74, 6) is 0.807. The fraction of sp³-hybridized carbons (Fsp3) is 0.278. The Morgan fingerprint density at radius 2 is 1.79 bits per heavy atom. The van der Waals surface area contributed by atoms with E-state index in [4.69, 9.17) is 0 Å². The number of nitrogens with zero attached hydrogens (tertiary/aromatic N) is 3. The average molecular weight is 357 g/mol. The molecule has 2 aromatic heterocycles. The van der Waals surface area contributed by atoms with Gasteiger partial charge >= 0.3 is 0 Å². The van der Waals surface area contributed by atoms with Gasteiger partial charge in [0.25, 0.3) is 0 Å². The number of para-hydroxylation sites is 1. The van der Waals surface area contributed by atoms with Crippen LogP contribution in [0.15, 0.2) is 46.9 Å². The van der Waals surface area contributed by atoms with Crippen LogP contribution in [-0.4, -0.2) is 15.2 Å². The molecular weight excluding hydrogens is 336 g/mol. The Morgan fingerprint density at radius 3 is 2.46 bits per heavy atom. The van der Waals surface area contributed by atoms with E-state index in [1.165, 1.54) is 16.8 Å². The molecule has 4 nitrogen and oxygen atoms in total. The van der Waals surface area contributed by atoms with Crippen LogP contribution in [0.25, 0.3) is 0 Å². The Kier molecular flexibility index (Phi) is 5.82. The summed E-state index contributed by atoms with van der Waals surface area (Å²) in [6, 6.07) is 12.4. The Balaban J connectivity index is 1.70. The first kappa shape index (κ1) is 16.9. The highest BCUT2D eigenvalue weighted by Crippen LogP contribution is 2.32. The van der Waals surface area contributed by atoms with Gasteiger partial charge in [0.05, 0.1) is 5.69 Å². The fourth-order valence-electron chi connectivity index (χ4n) is 2.45. The van der Waals surface area contributed by atoms with E-state index in [1.807, 2.05) is 24.4 Å². The number of rotatable bonds is 7. The standard InChI is InChI=1S/C18H20N4S2/c1-3-13-8-7-9-14(4-2)16(13)20-17-21-22-18(24-17)23-12-15-10-5-6-11-19-15/h5-11H,3-4,12H2,1-2H3,(H,20,21). The lowest BCUT2D eigenvalue weighted by Gasteiger charge is -2.13. The van der Waals surface area contributed by atoms with Gasteiger partial charge in [-0.3, -0.25) is 4.98 Å². The maximum atomic E-state index is 4.33. The van der Waals surface area contributed by atoms with Gasteiger partial charge in [0.2, 0.25) is 5.13 Å². The number of nitrogens with one attached hydrogen (secondary N) is 1. The molecule has 0 saturated carbocycles. The Hall–Kier alpha value is -1.92.